The Morgan fingerprint density at radius 3 is 2.48 bits per heavy atom. The number of aliphatic imine (C=N–C) groups is 1. The average Bonchev–Trinajstić information content (AvgIpc) is 3.74. The number of methoxy groups -OCH3 is 1. The van der Waals surface area contributed by atoms with Gasteiger partial charge < -0.3 is 14.8 Å². The number of carbonyl (C=O) groups is 1. The van der Waals surface area contributed by atoms with Gasteiger partial charge in [-0.15, -0.1) is 21.5 Å². The number of carbonyl (C=O) groups excluding carboxylic acids is 1. The quantitative estimate of drug-likeness (QED) is 0.0945. The highest BCUT2D eigenvalue weighted by Crippen LogP contribution is 2.40. The zero-order valence-electron chi connectivity index (χ0n) is 35.4. The van der Waals surface area contributed by atoms with Crippen LogP contribution in [0, 0.1) is 39.3 Å². The molecule has 3 aromatic carbocycles. The van der Waals surface area contributed by atoms with E-state index < -0.39 is 32.6 Å². The van der Waals surface area contributed by atoms with Crippen LogP contribution in [0.25, 0.3) is 27.0 Å². The number of rotatable bonds is 15. The molecule has 5 heterocycles. The zero-order valence-corrected chi connectivity index (χ0v) is 37.8. The summed E-state index contributed by atoms with van der Waals surface area (Å²) in [4.78, 5) is 32.2. The Hall–Kier alpha value is -6.37. The molecule has 4 aromatic heterocycles. The van der Waals surface area contributed by atoms with Crippen LogP contribution in [0.5, 0.6) is 11.6 Å². The van der Waals surface area contributed by atoms with Gasteiger partial charge in [0.15, 0.2) is 5.82 Å². The molecule has 8 rings (SSSR count). The van der Waals surface area contributed by atoms with Crippen molar-refractivity contribution in [3.8, 4) is 27.8 Å². The largest absolute Gasteiger partial charge is 0.491 e. The summed E-state index contributed by atoms with van der Waals surface area (Å²) in [5.41, 5.74) is 6.09. The summed E-state index contributed by atoms with van der Waals surface area (Å²) in [6.07, 6.45) is 5.16. The maximum atomic E-state index is 14.5. The molecule has 1 aliphatic rings. The number of fused-ring (bicyclic) bond motifs is 4. The molecule has 7 aromatic rings. The van der Waals surface area contributed by atoms with Gasteiger partial charge in [0.05, 0.1) is 25.8 Å². The lowest BCUT2D eigenvalue weighted by atomic mass is 9.99. The smallest absolute Gasteiger partial charge is 0.264 e. The fourth-order valence-electron chi connectivity index (χ4n) is 7.47. The third-order valence-corrected chi connectivity index (χ3v) is 13.7. The van der Waals surface area contributed by atoms with E-state index in [0.29, 0.717) is 76.4 Å². The van der Waals surface area contributed by atoms with Crippen LogP contribution in [0.15, 0.2) is 83.1 Å². The molecule has 1 atom stereocenters. The molecule has 0 aliphatic carbocycles. The molecule has 0 bridgehead atoms. The van der Waals surface area contributed by atoms with Crippen LogP contribution in [0.4, 0.5) is 14.5 Å². The molecule has 14 nitrogen and oxygen atoms in total. The van der Waals surface area contributed by atoms with E-state index in [1.807, 2.05) is 48.7 Å². The van der Waals surface area contributed by atoms with Crippen molar-refractivity contribution in [3.63, 3.8) is 0 Å². The van der Waals surface area contributed by atoms with E-state index in [2.05, 4.69) is 49.0 Å². The normalized spacial score (nSPS) is 13.5. The molecular weight excluding hydrogens is 884 g/mol. The Balaban J connectivity index is 0.921. The van der Waals surface area contributed by atoms with Crippen molar-refractivity contribution in [1.82, 2.24) is 35.0 Å². The Kier molecular flexibility index (Phi) is 12.7. The topological polar surface area (TPSA) is 175 Å². The first kappa shape index (κ1) is 44.2. The maximum absolute atomic E-state index is 14.5. The highest BCUT2D eigenvalue weighted by atomic mass is 35.5. The predicted octanol–water partition coefficient (Wildman–Crippen LogP) is 8.96. The lowest BCUT2D eigenvalue weighted by Gasteiger charge is -2.15. The van der Waals surface area contributed by atoms with Gasteiger partial charge in [0, 0.05) is 56.5 Å². The first-order chi connectivity index (χ1) is 30.7. The summed E-state index contributed by atoms with van der Waals surface area (Å²) < 4.78 is 70.4. The Morgan fingerprint density at radius 2 is 1.72 bits per heavy atom. The van der Waals surface area contributed by atoms with Gasteiger partial charge >= 0.3 is 0 Å². The van der Waals surface area contributed by atoms with E-state index >= 15 is 0 Å². The number of pyridine rings is 1. The second-order valence-corrected chi connectivity index (χ2v) is 18.4. The van der Waals surface area contributed by atoms with Crippen LogP contribution >= 0.6 is 22.9 Å². The summed E-state index contributed by atoms with van der Waals surface area (Å²) >= 11 is 7.90. The molecule has 1 aliphatic heterocycles. The number of ether oxygens (including phenoxy) is 2. The highest BCUT2D eigenvalue weighted by Gasteiger charge is 2.32. The van der Waals surface area contributed by atoms with Gasteiger partial charge in [-0.05, 0) is 101 Å². The van der Waals surface area contributed by atoms with Gasteiger partial charge in [-0.3, -0.25) is 19.1 Å². The molecule has 19 heteroatoms. The van der Waals surface area contributed by atoms with Crippen LogP contribution in [0.1, 0.15) is 70.6 Å². The van der Waals surface area contributed by atoms with Gasteiger partial charge in [-0.1, -0.05) is 23.7 Å². The Bertz CT molecular complexity index is 3070. The summed E-state index contributed by atoms with van der Waals surface area (Å²) in [6.45, 7) is 8.70. The fraction of sp³-hybridized carbons (Fsp3) is 0.267. The molecule has 64 heavy (non-hydrogen) atoms. The number of unbranched alkanes of at least 4 members (excludes halogenated alkanes) is 2. The van der Waals surface area contributed by atoms with Crippen molar-refractivity contribution >= 4 is 61.2 Å². The van der Waals surface area contributed by atoms with E-state index in [4.69, 9.17) is 26.1 Å². The number of hydrogen-bond acceptors (Lipinski definition) is 12. The third kappa shape index (κ3) is 9.03. The van der Waals surface area contributed by atoms with Crippen molar-refractivity contribution in [2.75, 3.05) is 25.0 Å². The number of aromatic nitrogens is 6. The first-order valence-electron chi connectivity index (χ1n) is 20.3. The fourth-order valence-corrected chi connectivity index (χ4v) is 9.92. The average molecular weight is 926 g/mol. The van der Waals surface area contributed by atoms with E-state index in [-0.39, 0.29) is 23.9 Å². The van der Waals surface area contributed by atoms with Crippen molar-refractivity contribution in [3.05, 3.63) is 129 Å². The molecule has 0 saturated heterocycles. The lowest BCUT2D eigenvalue weighted by Crippen LogP contribution is -2.26. The molecule has 330 valence electrons. The first-order valence-corrected chi connectivity index (χ1v) is 22.9. The van der Waals surface area contributed by atoms with Crippen LogP contribution in [-0.4, -0.2) is 70.0 Å². The second kappa shape index (κ2) is 18.4. The van der Waals surface area contributed by atoms with Crippen LogP contribution < -0.4 is 19.5 Å². The predicted molar refractivity (Wildman–Crippen MR) is 241 cm³/mol. The number of aryl methyl sites for hydroxylation is 3. The molecule has 0 radical (unpaired) electrons. The third-order valence-electron chi connectivity index (χ3n) is 10.8. The molecular formula is C45H42ClF2N9O5S2. The monoisotopic (exact) mass is 925 g/mol. The van der Waals surface area contributed by atoms with E-state index in [0.717, 1.165) is 56.7 Å². The van der Waals surface area contributed by atoms with Gasteiger partial charge in [0.25, 0.3) is 10.0 Å². The highest BCUT2D eigenvalue weighted by molar-refractivity contribution is 7.92. The SMILES string of the molecule is COc1ncc(-c2cc(OCCCCCNC(=O)C[C@@H]3N=C(c4ccc(Cl)cc4)c4c(sc(C)c4C)-n4c(C)nnc43)c3ncnc(C)c3c2)cc1NS(=O)(=O)c1ccc(F)cc1F. The number of sulfonamides is 1. The summed E-state index contributed by atoms with van der Waals surface area (Å²) in [7, 11) is -3.19. The standard InChI is InChI=1S/C45H42ClF2N9O5S2/c1-24-26(3)63-45-40(24)41(28-9-11-31(46)12-10-28)53-35(43-55-54-27(4)57(43)45)21-39(58)49-15-7-6-8-16-62-37-19-29(17-33-25(2)51-23-52-42(33)37)30-18-36(44(61-5)50-22-30)56-64(59,60)38-14-13-32(47)20-34(38)48/h9-14,17-20,22-23,35,56H,6-8,15-16,21H2,1-5H3,(H,49,58)/t35-/m0/s1. The van der Waals surface area contributed by atoms with Crippen LogP contribution in [-0.2, 0) is 14.8 Å². The van der Waals surface area contributed by atoms with E-state index in [1.54, 1.807) is 17.4 Å². The number of nitrogens with one attached hydrogen (secondary N) is 2. The lowest BCUT2D eigenvalue weighted by molar-refractivity contribution is -0.121. The van der Waals surface area contributed by atoms with E-state index in [9.17, 15) is 22.0 Å². The van der Waals surface area contributed by atoms with Crippen LogP contribution in [0.2, 0.25) is 5.02 Å². The minimum Gasteiger partial charge on any atom is -0.491 e. The number of thiophene rings is 1. The minimum atomic E-state index is -4.50. The van der Waals surface area contributed by atoms with Gasteiger partial charge in [0.2, 0.25) is 11.8 Å². The maximum Gasteiger partial charge on any atom is 0.264 e. The Morgan fingerprint density at radius 1 is 0.922 bits per heavy atom. The molecule has 0 saturated carbocycles. The summed E-state index contributed by atoms with van der Waals surface area (Å²) in [6, 6.07) is 14.3. The van der Waals surface area contributed by atoms with Crippen molar-refractivity contribution < 1.29 is 31.5 Å². The summed E-state index contributed by atoms with van der Waals surface area (Å²) in [5, 5.41) is 14.2. The molecule has 2 N–H and O–H groups in total. The van der Waals surface area contributed by atoms with Crippen molar-refractivity contribution in [2.45, 2.75) is 64.3 Å². The van der Waals surface area contributed by atoms with Crippen molar-refractivity contribution in [2.24, 2.45) is 4.99 Å². The molecule has 1 amide bonds. The number of nitrogens with zero attached hydrogens (tertiary/aromatic N) is 7. The van der Waals surface area contributed by atoms with E-state index in [1.165, 1.54) is 25.7 Å². The van der Waals surface area contributed by atoms with Gasteiger partial charge in [-0.2, -0.15) is 0 Å². The number of benzene rings is 3. The zero-order chi connectivity index (χ0) is 45.3. The van der Waals surface area contributed by atoms with Gasteiger partial charge in [0.1, 0.15) is 56.7 Å². The molecule has 0 unspecified atom stereocenters. The number of hydrogen-bond donors (Lipinski definition) is 2. The number of anilines is 1. The second-order valence-electron chi connectivity index (χ2n) is 15.2. The van der Waals surface area contributed by atoms with Gasteiger partial charge in [-0.25, -0.2) is 32.2 Å². The van der Waals surface area contributed by atoms with Crippen LogP contribution in [0.3, 0.4) is 0 Å². The minimum absolute atomic E-state index is 0.0640. The summed E-state index contributed by atoms with van der Waals surface area (Å²) in [5.74, 6) is -0.579. The number of halogens is 3. The Labute approximate surface area is 376 Å². The number of amides is 1. The molecule has 0 fully saturated rings. The van der Waals surface area contributed by atoms with Crippen molar-refractivity contribution in [1.29, 1.82) is 0 Å². The molecule has 0 spiro atoms.